The van der Waals surface area contributed by atoms with Crippen LogP contribution < -0.4 is 5.32 Å². The van der Waals surface area contributed by atoms with E-state index < -0.39 is 12.1 Å². The smallest absolute Gasteiger partial charge is 0.339 e. The van der Waals surface area contributed by atoms with Crippen LogP contribution in [0.2, 0.25) is 0 Å². The lowest BCUT2D eigenvalue weighted by molar-refractivity contribution is -0.125. The molecule has 0 unspecified atom stereocenters. The Morgan fingerprint density at radius 3 is 2.72 bits per heavy atom. The number of carbonyl (C=O) groups is 2. The highest BCUT2D eigenvalue weighted by molar-refractivity contribution is 6.01. The van der Waals surface area contributed by atoms with Crippen molar-refractivity contribution in [2.75, 3.05) is 5.32 Å². The molecule has 25 heavy (non-hydrogen) atoms. The van der Waals surface area contributed by atoms with Gasteiger partial charge in [0.15, 0.2) is 6.10 Å². The van der Waals surface area contributed by atoms with Crippen LogP contribution in [0.4, 0.5) is 5.69 Å². The first-order valence-electron chi connectivity index (χ1n) is 7.91. The summed E-state index contributed by atoms with van der Waals surface area (Å²) in [6, 6.07) is 16.7. The molecule has 1 aliphatic rings. The van der Waals surface area contributed by atoms with E-state index in [1.54, 1.807) is 18.3 Å². The number of fused-ring (bicyclic) bond motifs is 1. The molecular formula is C19H15N3O3. The molecule has 0 aliphatic carbocycles. The van der Waals surface area contributed by atoms with Gasteiger partial charge in [0, 0.05) is 12.0 Å². The molecule has 2 aromatic carbocycles. The van der Waals surface area contributed by atoms with Gasteiger partial charge in [-0.3, -0.25) is 9.89 Å². The van der Waals surface area contributed by atoms with Gasteiger partial charge >= 0.3 is 5.97 Å². The van der Waals surface area contributed by atoms with E-state index in [-0.39, 0.29) is 5.91 Å². The van der Waals surface area contributed by atoms with Crippen molar-refractivity contribution in [1.29, 1.82) is 0 Å². The third-order valence-electron chi connectivity index (χ3n) is 4.14. The average molecular weight is 333 g/mol. The summed E-state index contributed by atoms with van der Waals surface area (Å²) < 4.78 is 5.29. The molecule has 0 radical (unpaired) electrons. The van der Waals surface area contributed by atoms with Crippen molar-refractivity contribution in [1.82, 2.24) is 10.2 Å². The highest BCUT2D eigenvalue weighted by Gasteiger charge is 2.31. The van der Waals surface area contributed by atoms with E-state index >= 15 is 0 Å². The Morgan fingerprint density at radius 2 is 1.88 bits per heavy atom. The highest BCUT2D eigenvalue weighted by atomic mass is 16.5. The number of esters is 1. The number of hydrogen-bond donors (Lipinski definition) is 2. The maximum absolute atomic E-state index is 12.6. The van der Waals surface area contributed by atoms with Crippen LogP contribution in [0.3, 0.4) is 0 Å². The maximum atomic E-state index is 12.6. The zero-order valence-electron chi connectivity index (χ0n) is 13.2. The maximum Gasteiger partial charge on any atom is 0.339 e. The number of aromatic nitrogens is 2. The molecule has 1 aromatic heterocycles. The largest absolute Gasteiger partial charge is 0.448 e. The molecule has 124 valence electrons. The Labute approximate surface area is 143 Å². The van der Waals surface area contributed by atoms with Crippen LogP contribution in [0, 0.1) is 0 Å². The third kappa shape index (κ3) is 2.89. The third-order valence-corrected chi connectivity index (χ3v) is 4.14. The molecule has 4 rings (SSSR count). The fourth-order valence-corrected chi connectivity index (χ4v) is 2.90. The van der Waals surface area contributed by atoms with Gasteiger partial charge in [-0.25, -0.2) is 4.79 Å². The Balaban J connectivity index is 1.55. The first-order chi connectivity index (χ1) is 12.2. The average Bonchev–Trinajstić information content (AvgIpc) is 3.10. The lowest BCUT2D eigenvalue weighted by Crippen LogP contribution is -2.38. The fourth-order valence-electron chi connectivity index (χ4n) is 2.90. The van der Waals surface area contributed by atoms with E-state index in [0.717, 1.165) is 11.1 Å². The number of aromatic amines is 1. The van der Waals surface area contributed by atoms with Gasteiger partial charge in [0.05, 0.1) is 23.1 Å². The van der Waals surface area contributed by atoms with Crippen molar-refractivity contribution in [2.24, 2.45) is 0 Å². The van der Waals surface area contributed by atoms with E-state index in [2.05, 4.69) is 15.5 Å². The summed E-state index contributed by atoms with van der Waals surface area (Å²) in [4.78, 5) is 24.6. The second-order valence-corrected chi connectivity index (χ2v) is 5.77. The van der Waals surface area contributed by atoms with Gasteiger partial charge in [-0.1, -0.05) is 48.5 Å². The fraction of sp³-hybridized carbons (Fsp3) is 0.105. The molecular weight excluding hydrogens is 318 g/mol. The van der Waals surface area contributed by atoms with Gasteiger partial charge < -0.3 is 10.1 Å². The van der Waals surface area contributed by atoms with Crippen LogP contribution in [-0.4, -0.2) is 28.2 Å². The van der Waals surface area contributed by atoms with Crippen molar-refractivity contribution in [3.05, 3.63) is 71.9 Å². The second kappa shape index (κ2) is 6.24. The number of carbonyl (C=O) groups excluding carboxylic acids is 2. The minimum absolute atomic E-state index is 0.353. The first kappa shape index (κ1) is 15.1. The SMILES string of the molecule is O=C1O[C@@H](C(=O)Nc2cn[nH]c2-c2ccccc2)Cc2ccccc21. The molecule has 0 bridgehead atoms. The first-order valence-corrected chi connectivity index (χ1v) is 7.91. The number of rotatable bonds is 3. The molecule has 2 heterocycles. The van der Waals surface area contributed by atoms with Crippen LogP contribution in [0.1, 0.15) is 15.9 Å². The number of nitrogens with one attached hydrogen (secondary N) is 2. The minimum Gasteiger partial charge on any atom is -0.448 e. The molecule has 6 nitrogen and oxygen atoms in total. The number of ether oxygens (including phenoxy) is 1. The molecule has 0 fully saturated rings. The molecule has 3 aromatic rings. The zero-order chi connectivity index (χ0) is 17.2. The molecule has 6 heteroatoms. The van der Waals surface area contributed by atoms with Crippen LogP contribution in [0.15, 0.2) is 60.8 Å². The highest BCUT2D eigenvalue weighted by Crippen LogP contribution is 2.26. The number of anilines is 1. The summed E-state index contributed by atoms with van der Waals surface area (Å²) in [5.74, 6) is -0.848. The second-order valence-electron chi connectivity index (χ2n) is 5.77. The summed E-state index contributed by atoms with van der Waals surface area (Å²) in [5, 5.41) is 9.68. The zero-order valence-corrected chi connectivity index (χ0v) is 13.2. The Bertz CT molecular complexity index is 934. The van der Waals surface area contributed by atoms with E-state index in [4.69, 9.17) is 4.74 Å². The van der Waals surface area contributed by atoms with Gasteiger partial charge in [0.25, 0.3) is 5.91 Å². The normalized spacial score (nSPS) is 16.0. The van der Waals surface area contributed by atoms with Crippen molar-refractivity contribution >= 4 is 17.6 Å². The molecule has 0 spiro atoms. The predicted molar refractivity (Wildman–Crippen MR) is 92.0 cm³/mol. The molecule has 0 saturated heterocycles. The van der Waals surface area contributed by atoms with E-state index in [0.29, 0.717) is 23.4 Å². The predicted octanol–water partition coefficient (Wildman–Crippen LogP) is 2.80. The van der Waals surface area contributed by atoms with Crippen LogP contribution in [-0.2, 0) is 16.0 Å². The minimum atomic E-state index is -0.860. The molecule has 1 atom stereocenters. The summed E-state index contributed by atoms with van der Waals surface area (Å²) in [7, 11) is 0. The molecule has 1 amide bonds. The van der Waals surface area contributed by atoms with Gasteiger partial charge in [-0.05, 0) is 11.6 Å². The van der Waals surface area contributed by atoms with Crippen LogP contribution in [0.25, 0.3) is 11.3 Å². The van der Waals surface area contributed by atoms with Gasteiger partial charge in [0.2, 0.25) is 0 Å². The van der Waals surface area contributed by atoms with Gasteiger partial charge in [-0.15, -0.1) is 0 Å². The molecule has 0 saturated carbocycles. The summed E-state index contributed by atoms with van der Waals surface area (Å²) in [6.45, 7) is 0. The van der Waals surface area contributed by atoms with Crippen LogP contribution >= 0.6 is 0 Å². The Kier molecular flexibility index (Phi) is 3.78. The van der Waals surface area contributed by atoms with E-state index in [1.165, 1.54) is 0 Å². The topological polar surface area (TPSA) is 84.1 Å². The summed E-state index contributed by atoms with van der Waals surface area (Å²) in [5.41, 5.74) is 3.48. The number of hydrogen-bond acceptors (Lipinski definition) is 4. The van der Waals surface area contributed by atoms with Gasteiger partial charge in [-0.2, -0.15) is 5.10 Å². The van der Waals surface area contributed by atoms with Crippen LogP contribution in [0.5, 0.6) is 0 Å². The molecule has 2 N–H and O–H groups in total. The molecule has 1 aliphatic heterocycles. The standard InChI is InChI=1S/C19H15N3O3/c23-18(16-10-13-8-4-5-9-14(13)19(24)25-16)21-15-11-20-22-17(15)12-6-2-1-3-7-12/h1-9,11,16H,10H2,(H,20,22)(H,21,23)/t16-/m1/s1. The lowest BCUT2D eigenvalue weighted by atomic mass is 9.98. The summed E-state index contributed by atoms with van der Waals surface area (Å²) >= 11 is 0. The number of benzene rings is 2. The van der Waals surface area contributed by atoms with Crippen molar-refractivity contribution in [3.8, 4) is 11.3 Å². The quantitative estimate of drug-likeness (QED) is 0.722. The monoisotopic (exact) mass is 333 g/mol. The number of cyclic esters (lactones) is 1. The Morgan fingerprint density at radius 1 is 1.12 bits per heavy atom. The van der Waals surface area contributed by atoms with Gasteiger partial charge in [0.1, 0.15) is 0 Å². The van der Waals surface area contributed by atoms with Crippen molar-refractivity contribution in [2.45, 2.75) is 12.5 Å². The van der Waals surface area contributed by atoms with Crippen molar-refractivity contribution in [3.63, 3.8) is 0 Å². The number of amides is 1. The van der Waals surface area contributed by atoms with E-state index in [9.17, 15) is 9.59 Å². The Hall–Kier alpha value is -3.41. The van der Waals surface area contributed by atoms with E-state index in [1.807, 2.05) is 42.5 Å². The lowest BCUT2D eigenvalue weighted by Gasteiger charge is -2.23. The number of H-pyrrole nitrogens is 1. The van der Waals surface area contributed by atoms with Crippen molar-refractivity contribution < 1.29 is 14.3 Å². The number of nitrogens with zero attached hydrogens (tertiary/aromatic N) is 1. The summed E-state index contributed by atoms with van der Waals surface area (Å²) in [6.07, 6.45) is 1.03.